The van der Waals surface area contributed by atoms with Gasteiger partial charge in [0.25, 0.3) is 0 Å². The maximum atomic E-state index is 12.0. The summed E-state index contributed by atoms with van der Waals surface area (Å²) in [7, 11) is 0. The zero-order chi connectivity index (χ0) is 18.0. The van der Waals surface area contributed by atoms with E-state index in [1.54, 1.807) is 12.1 Å². The number of carbonyl (C=O) groups is 1. The molecule has 1 aliphatic rings. The van der Waals surface area contributed by atoms with Crippen LogP contribution in [0.25, 0.3) is 0 Å². The monoisotopic (exact) mass is 335 g/mol. The summed E-state index contributed by atoms with van der Waals surface area (Å²) in [4.78, 5) is 17.1. The number of nitrogens with zero attached hydrogens (tertiary/aromatic N) is 1. The van der Waals surface area contributed by atoms with Crippen molar-refractivity contribution in [2.75, 3.05) is 0 Å². The topological polar surface area (TPSA) is 38.7 Å². The molecule has 3 rings (SSSR count). The van der Waals surface area contributed by atoms with Crippen molar-refractivity contribution in [3.05, 3.63) is 70.8 Å². The van der Waals surface area contributed by atoms with Gasteiger partial charge in [-0.05, 0) is 55.4 Å². The first kappa shape index (κ1) is 17.4. The average molecular weight is 335 g/mol. The SMILES string of the molecule is C/C(=N\OC(=O)c1ccc(C)cc1)C1CC1c1ccc(C(C)C)cc1. The first-order valence-corrected chi connectivity index (χ1v) is 8.88. The van der Waals surface area contributed by atoms with Crippen LogP contribution in [-0.2, 0) is 4.84 Å². The number of benzene rings is 2. The molecule has 2 atom stereocenters. The van der Waals surface area contributed by atoms with E-state index in [2.05, 4.69) is 43.3 Å². The molecule has 1 aliphatic carbocycles. The summed E-state index contributed by atoms with van der Waals surface area (Å²) in [5.41, 5.74) is 5.23. The first-order valence-electron chi connectivity index (χ1n) is 8.88. The van der Waals surface area contributed by atoms with Gasteiger partial charge >= 0.3 is 5.97 Å². The van der Waals surface area contributed by atoms with Gasteiger partial charge in [0, 0.05) is 5.92 Å². The summed E-state index contributed by atoms with van der Waals surface area (Å²) in [5.74, 6) is 1.00. The second-order valence-corrected chi connectivity index (χ2v) is 7.25. The normalized spacial score (nSPS) is 19.8. The molecule has 0 N–H and O–H groups in total. The van der Waals surface area contributed by atoms with E-state index in [0.29, 0.717) is 23.3 Å². The van der Waals surface area contributed by atoms with E-state index in [9.17, 15) is 4.79 Å². The van der Waals surface area contributed by atoms with E-state index in [4.69, 9.17) is 4.84 Å². The van der Waals surface area contributed by atoms with Crippen LogP contribution < -0.4 is 0 Å². The molecule has 25 heavy (non-hydrogen) atoms. The van der Waals surface area contributed by atoms with E-state index in [-0.39, 0.29) is 0 Å². The zero-order valence-corrected chi connectivity index (χ0v) is 15.3. The average Bonchev–Trinajstić information content (AvgIpc) is 3.41. The van der Waals surface area contributed by atoms with Gasteiger partial charge in [0.1, 0.15) is 0 Å². The van der Waals surface area contributed by atoms with Gasteiger partial charge < -0.3 is 4.84 Å². The Balaban J connectivity index is 1.58. The largest absolute Gasteiger partial charge is 0.365 e. The van der Waals surface area contributed by atoms with Crippen molar-refractivity contribution in [3.63, 3.8) is 0 Å². The van der Waals surface area contributed by atoms with Crippen molar-refractivity contribution >= 4 is 11.7 Å². The fraction of sp³-hybridized carbons (Fsp3) is 0.364. The Labute approximate surface area is 149 Å². The maximum absolute atomic E-state index is 12.0. The van der Waals surface area contributed by atoms with Gasteiger partial charge in [-0.1, -0.05) is 61.0 Å². The lowest BCUT2D eigenvalue weighted by molar-refractivity contribution is 0.0514. The number of carbonyl (C=O) groups excluding carboxylic acids is 1. The molecule has 3 nitrogen and oxygen atoms in total. The van der Waals surface area contributed by atoms with E-state index in [1.165, 1.54) is 11.1 Å². The molecule has 0 heterocycles. The maximum Gasteiger partial charge on any atom is 0.365 e. The number of aryl methyl sites for hydroxylation is 1. The van der Waals surface area contributed by atoms with Gasteiger partial charge in [-0.15, -0.1) is 0 Å². The van der Waals surface area contributed by atoms with Crippen molar-refractivity contribution in [1.29, 1.82) is 0 Å². The zero-order valence-electron chi connectivity index (χ0n) is 15.3. The molecule has 1 saturated carbocycles. The van der Waals surface area contributed by atoms with Crippen molar-refractivity contribution in [2.45, 2.75) is 46.0 Å². The van der Waals surface area contributed by atoms with Crippen LogP contribution >= 0.6 is 0 Å². The molecule has 0 radical (unpaired) electrons. The summed E-state index contributed by atoms with van der Waals surface area (Å²) >= 11 is 0. The molecule has 130 valence electrons. The highest BCUT2D eigenvalue weighted by molar-refractivity contribution is 5.91. The second kappa shape index (κ2) is 7.22. The fourth-order valence-electron chi connectivity index (χ4n) is 3.08. The molecule has 0 aromatic heterocycles. The minimum atomic E-state index is -0.405. The fourth-order valence-corrected chi connectivity index (χ4v) is 3.08. The molecule has 2 aromatic rings. The third-order valence-electron chi connectivity index (χ3n) is 4.92. The molecular formula is C22H25NO2. The minimum absolute atomic E-state index is 0.371. The van der Waals surface area contributed by atoms with Gasteiger partial charge in [-0.3, -0.25) is 0 Å². The van der Waals surface area contributed by atoms with Crippen LogP contribution in [0, 0.1) is 12.8 Å². The number of oxime groups is 1. The van der Waals surface area contributed by atoms with E-state index in [1.807, 2.05) is 26.0 Å². The highest BCUT2D eigenvalue weighted by Crippen LogP contribution is 2.48. The summed E-state index contributed by atoms with van der Waals surface area (Å²) in [6, 6.07) is 16.2. The van der Waals surface area contributed by atoms with Crippen molar-refractivity contribution < 1.29 is 9.63 Å². The van der Waals surface area contributed by atoms with Crippen LogP contribution in [0.1, 0.15) is 66.1 Å². The molecule has 0 amide bonds. The lowest BCUT2D eigenvalue weighted by atomic mass is 9.99. The lowest BCUT2D eigenvalue weighted by Crippen LogP contribution is -2.04. The third kappa shape index (κ3) is 4.16. The Morgan fingerprint density at radius 3 is 2.32 bits per heavy atom. The van der Waals surface area contributed by atoms with E-state index < -0.39 is 5.97 Å². The van der Waals surface area contributed by atoms with Crippen LogP contribution in [0.15, 0.2) is 53.7 Å². The summed E-state index contributed by atoms with van der Waals surface area (Å²) in [6.45, 7) is 8.33. The Morgan fingerprint density at radius 1 is 1.08 bits per heavy atom. The number of hydrogen-bond donors (Lipinski definition) is 0. The lowest BCUT2D eigenvalue weighted by Gasteiger charge is -2.06. The molecule has 3 heteroatoms. The third-order valence-corrected chi connectivity index (χ3v) is 4.92. The predicted molar refractivity (Wildman–Crippen MR) is 101 cm³/mol. The van der Waals surface area contributed by atoms with E-state index in [0.717, 1.165) is 17.7 Å². The molecular weight excluding hydrogens is 310 g/mol. The number of rotatable bonds is 5. The molecule has 0 bridgehead atoms. The summed E-state index contributed by atoms with van der Waals surface area (Å²) < 4.78 is 0. The van der Waals surface area contributed by atoms with Gasteiger partial charge in [0.2, 0.25) is 0 Å². The molecule has 2 unspecified atom stereocenters. The van der Waals surface area contributed by atoms with Crippen molar-refractivity contribution in [1.82, 2.24) is 0 Å². The van der Waals surface area contributed by atoms with Gasteiger partial charge in [0.05, 0.1) is 11.3 Å². The smallest absolute Gasteiger partial charge is 0.313 e. The second-order valence-electron chi connectivity index (χ2n) is 7.25. The predicted octanol–water partition coefficient (Wildman–Crippen LogP) is 5.45. The van der Waals surface area contributed by atoms with Crippen LogP contribution in [0.2, 0.25) is 0 Å². The first-order chi connectivity index (χ1) is 12.0. The van der Waals surface area contributed by atoms with Crippen LogP contribution in [0.5, 0.6) is 0 Å². The van der Waals surface area contributed by atoms with Gasteiger partial charge in [-0.25, -0.2) is 4.79 Å². The highest BCUT2D eigenvalue weighted by Gasteiger charge is 2.40. The molecule has 0 saturated heterocycles. The van der Waals surface area contributed by atoms with Crippen LogP contribution in [0.4, 0.5) is 0 Å². The summed E-state index contributed by atoms with van der Waals surface area (Å²) in [6.07, 6.45) is 1.07. The molecule has 1 fully saturated rings. The Bertz CT molecular complexity index is 773. The molecule has 0 spiro atoms. The Hall–Kier alpha value is -2.42. The van der Waals surface area contributed by atoms with Crippen molar-refractivity contribution in [2.24, 2.45) is 11.1 Å². The van der Waals surface area contributed by atoms with Crippen LogP contribution in [0.3, 0.4) is 0 Å². The minimum Gasteiger partial charge on any atom is -0.313 e. The quantitative estimate of drug-likeness (QED) is 0.414. The van der Waals surface area contributed by atoms with Gasteiger partial charge in [-0.2, -0.15) is 0 Å². The molecule has 0 aliphatic heterocycles. The highest BCUT2D eigenvalue weighted by atomic mass is 16.7. The van der Waals surface area contributed by atoms with Crippen molar-refractivity contribution in [3.8, 4) is 0 Å². The van der Waals surface area contributed by atoms with E-state index >= 15 is 0 Å². The Kier molecular flexibility index (Phi) is 5.03. The Morgan fingerprint density at radius 2 is 1.72 bits per heavy atom. The summed E-state index contributed by atoms with van der Waals surface area (Å²) in [5, 5.41) is 4.07. The van der Waals surface area contributed by atoms with Gasteiger partial charge in [0.15, 0.2) is 0 Å². The molecule has 2 aromatic carbocycles. The van der Waals surface area contributed by atoms with Crippen LogP contribution in [-0.4, -0.2) is 11.7 Å². The standard InChI is InChI=1S/C22H25NO2/c1-14(2)17-9-11-18(12-10-17)21-13-20(21)16(4)23-25-22(24)19-7-5-15(3)6-8-19/h5-12,14,20-21H,13H2,1-4H3/b23-16+. The number of hydrogen-bond acceptors (Lipinski definition) is 3.